The molecule has 1 atom stereocenters. The topological polar surface area (TPSA) is 75.3 Å². The summed E-state index contributed by atoms with van der Waals surface area (Å²) in [6.45, 7) is 3.29. The summed E-state index contributed by atoms with van der Waals surface area (Å²) in [5.41, 5.74) is 4.35. The van der Waals surface area contributed by atoms with Crippen molar-refractivity contribution in [3.8, 4) is 0 Å². The maximum Gasteiger partial charge on any atom is 0.175 e. The van der Waals surface area contributed by atoms with Crippen molar-refractivity contribution in [3.05, 3.63) is 53.9 Å². The highest BCUT2D eigenvalue weighted by atomic mass is 32.2. The number of rotatable bonds is 6. The number of hydrogen-bond donors (Lipinski definition) is 1. The van der Waals surface area contributed by atoms with Gasteiger partial charge in [0.25, 0.3) is 0 Å². The molecule has 3 heterocycles. The number of nitrogens with zero attached hydrogens (tertiary/aromatic N) is 2. The van der Waals surface area contributed by atoms with Gasteiger partial charge in [0, 0.05) is 36.3 Å². The highest BCUT2D eigenvalue weighted by Gasteiger charge is 2.25. The van der Waals surface area contributed by atoms with Crippen molar-refractivity contribution in [1.82, 2.24) is 9.97 Å². The molecule has 170 valence electrons. The number of nitrogens with one attached hydrogen (secondary N) is 1. The Bertz CT molecular complexity index is 1170. The zero-order valence-electron chi connectivity index (χ0n) is 18.6. The lowest BCUT2D eigenvalue weighted by atomic mass is 9.85. The van der Waals surface area contributed by atoms with E-state index in [4.69, 9.17) is 9.72 Å². The molecule has 1 aliphatic carbocycles. The average Bonchev–Trinajstić information content (AvgIpc) is 3.46. The Morgan fingerprint density at radius 1 is 1.12 bits per heavy atom. The fourth-order valence-corrected chi connectivity index (χ4v) is 5.81. The van der Waals surface area contributed by atoms with Crippen LogP contribution in [0.2, 0.25) is 0 Å². The number of hydrogen-bond acceptors (Lipinski definition) is 5. The van der Waals surface area contributed by atoms with E-state index in [1.807, 2.05) is 18.3 Å². The first-order chi connectivity index (χ1) is 15.5. The van der Waals surface area contributed by atoms with Gasteiger partial charge in [-0.1, -0.05) is 37.8 Å². The lowest BCUT2D eigenvalue weighted by Gasteiger charge is -2.28. The molecule has 2 fully saturated rings. The van der Waals surface area contributed by atoms with E-state index in [2.05, 4.69) is 22.0 Å². The molecule has 0 amide bonds. The molecule has 1 aliphatic heterocycles. The fraction of sp³-hybridized carbons (Fsp3) is 0.480. The van der Waals surface area contributed by atoms with Crippen LogP contribution in [-0.2, 0) is 14.6 Å². The molecule has 2 aliphatic rings. The Balaban J connectivity index is 1.48. The quantitative estimate of drug-likeness (QED) is 0.594. The molecule has 1 saturated carbocycles. The number of aromatic amines is 1. The molecule has 7 heteroatoms. The van der Waals surface area contributed by atoms with Gasteiger partial charge in [0.05, 0.1) is 30.0 Å². The summed E-state index contributed by atoms with van der Waals surface area (Å²) in [5.74, 6) is 0.908. The molecule has 1 saturated heterocycles. The van der Waals surface area contributed by atoms with Gasteiger partial charge in [-0.15, -0.1) is 0 Å². The molecule has 1 aromatic carbocycles. The van der Waals surface area contributed by atoms with Crippen LogP contribution in [-0.4, -0.2) is 50.9 Å². The summed E-state index contributed by atoms with van der Waals surface area (Å²) >= 11 is 0. The fourth-order valence-electron chi connectivity index (χ4n) is 5.18. The van der Waals surface area contributed by atoms with Crippen molar-refractivity contribution in [2.24, 2.45) is 5.92 Å². The van der Waals surface area contributed by atoms with Crippen LogP contribution in [0.15, 0.2) is 47.5 Å². The van der Waals surface area contributed by atoms with Crippen molar-refractivity contribution in [2.75, 3.05) is 37.5 Å². The molecule has 1 unspecified atom stereocenters. The van der Waals surface area contributed by atoms with Gasteiger partial charge in [0.2, 0.25) is 0 Å². The highest BCUT2D eigenvalue weighted by molar-refractivity contribution is 7.90. The van der Waals surface area contributed by atoms with E-state index in [9.17, 15) is 8.42 Å². The lowest BCUT2D eigenvalue weighted by Crippen LogP contribution is -2.36. The second-order valence-electron chi connectivity index (χ2n) is 9.24. The lowest BCUT2D eigenvalue weighted by molar-refractivity contribution is 0.122. The van der Waals surface area contributed by atoms with E-state index in [1.165, 1.54) is 31.9 Å². The zero-order chi connectivity index (χ0) is 22.1. The molecule has 32 heavy (non-hydrogen) atoms. The van der Waals surface area contributed by atoms with Crippen molar-refractivity contribution < 1.29 is 13.2 Å². The van der Waals surface area contributed by atoms with E-state index in [0.717, 1.165) is 60.7 Å². The van der Waals surface area contributed by atoms with Crippen LogP contribution in [0.25, 0.3) is 11.0 Å². The number of pyridine rings is 1. The first kappa shape index (κ1) is 21.5. The predicted octanol–water partition coefficient (Wildman–Crippen LogP) is 4.52. The minimum absolute atomic E-state index is 0.202. The van der Waals surface area contributed by atoms with Gasteiger partial charge in [-0.25, -0.2) is 13.4 Å². The molecule has 0 spiro atoms. The molecule has 1 N–H and O–H groups in total. The van der Waals surface area contributed by atoms with E-state index >= 15 is 0 Å². The van der Waals surface area contributed by atoms with Crippen LogP contribution in [0.4, 0.5) is 5.69 Å². The largest absolute Gasteiger partial charge is 0.378 e. The van der Waals surface area contributed by atoms with Gasteiger partial charge in [-0.05, 0) is 42.2 Å². The van der Waals surface area contributed by atoms with Crippen LogP contribution in [0.1, 0.15) is 49.3 Å². The number of fused-ring (bicyclic) bond motifs is 1. The normalized spacial score (nSPS) is 19.0. The Labute approximate surface area is 189 Å². The molecule has 5 rings (SSSR count). The van der Waals surface area contributed by atoms with Crippen molar-refractivity contribution >= 4 is 26.6 Å². The maximum absolute atomic E-state index is 11.9. The number of aromatic nitrogens is 2. The van der Waals surface area contributed by atoms with Gasteiger partial charge in [-0.2, -0.15) is 0 Å². The zero-order valence-corrected chi connectivity index (χ0v) is 19.4. The number of H-pyrrole nitrogens is 1. The van der Waals surface area contributed by atoms with Gasteiger partial charge >= 0.3 is 0 Å². The van der Waals surface area contributed by atoms with E-state index in [0.29, 0.717) is 10.8 Å². The Morgan fingerprint density at radius 2 is 1.84 bits per heavy atom. The summed E-state index contributed by atoms with van der Waals surface area (Å²) in [4.78, 5) is 11.0. The van der Waals surface area contributed by atoms with E-state index < -0.39 is 9.84 Å². The Hall–Kier alpha value is -2.38. The SMILES string of the molecule is CS(=O)(=O)c1ccc(C(CC2CCCC2)c2cc3cc(N4CCOCC4)cnc3[nH]2)cc1. The Kier molecular flexibility index (Phi) is 5.95. The van der Waals surface area contributed by atoms with Crippen LogP contribution >= 0.6 is 0 Å². The molecular weight excluding hydrogens is 422 g/mol. The van der Waals surface area contributed by atoms with Crippen molar-refractivity contribution in [3.63, 3.8) is 0 Å². The number of anilines is 1. The third-order valence-electron chi connectivity index (χ3n) is 6.98. The molecule has 6 nitrogen and oxygen atoms in total. The third kappa shape index (κ3) is 4.55. The summed E-state index contributed by atoms with van der Waals surface area (Å²) in [6.07, 6.45) is 9.44. The third-order valence-corrected chi connectivity index (χ3v) is 8.11. The number of benzene rings is 1. The molecule has 2 aromatic heterocycles. The molecule has 3 aromatic rings. The maximum atomic E-state index is 11.9. The number of morpholine rings is 1. The van der Waals surface area contributed by atoms with Gasteiger partial charge in [0.1, 0.15) is 5.65 Å². The van der Waals surface area contributed by atoms with Crippen LogP contribution in [0, 0.1) is 5.92 Å². The second kappa shape index (κ2) is 8.87. The summed E-state index contributed by atoms with van der Waals surface area (Å²) < 4.78 is 29.3. The number of sulfone groups is 1. The van der Waals surface area contributed by atoms with Crippen LogP contribution < -0.4 is 4.90 Å². The molecule has 0 radical (unpaired) electrons. The highest BCUT2D eigenvalue weighted by Crippen LogP contribution is 2.38. The average molecular weight is 454 g/mol. The predicted molar refractivity (Wildman–Crippen MR) is 127 cm³/mol. The van der Waals surface area contributed by atoms with Crippen molar-refractivity contribution in [2.45, 2.75) is 42.9 Å². The van der Waals surface area contributed by atoms with Gasteiger partial charge in [0.15, 0.2) is 9.84 Å². The second-order valence-corrected chi connectivity index (χ2v) is 11.3. The summed E-state index contributed by atoms with van der Waals surface area (Å²) in [6, 6.07) is 11.9. The van der Waals surface area contributed by atoms with E-state index in [1.54, 1.807) is 12.1 Å². The Morgan fingerprint density at radius 3 is 2.53 bits per heavy atom. The monoisotopic (exact) mass is 453 g/mol. The van der Waals surface area contributed by atoms with Crippen molar-refractivity contribution in [1.29, 1.82) is 0 Å². The van der Waals surface area contributed by atoms with Crippen LogP contribution in [0.5, 0.6) is 0 Å². The summed E-state index contributed by atoms with van der Waals surface area (Å²) in [5, 5.41) is 1.12. The van der Waals surface area contributed by atoms with Gasteiger partial charge in [-0.3, -0.25) is 0 Å². The molecule has 0 bridgehead atoms. The van der Waals surface area contributed by atoms with E-state index in [-0.39, 0.29) is 5.92 Å². The van der Waals surface area contributed by atoms with Crippen LogP contribution in [0.3, 0.4) is 0 Å². The minimum Gasteiger partial charge on any atom is -0.378 e. The van der Waals surface area contributed by atoms with Gasteiger partial charge < -0.3 is 14.6 Å². The summed E-state index contributed by atoms with van der Waals surface area (Å²) in [7, 11) is -3.20. The smallest absolute Gasteiger partial charge is 0.175 e. The minimum atomic E-state index is -3.20. The first-order valence-corrected chi connectivity index (χ1v) is 13.5. The molecular formula is C25H31N3O3S. The number of ether oxygens (including phenoxy) is 1. The first-order valence-electron chi connectivity index (χ1n) is 11.6. The standard InChI is InChI=1S/C25H31N3O3S/c1-32(29,30)22-8-6-19(7-9-22)23(14-18-4-2-3-5-18)24-16-20-15-21(17-26-25(20)27-24)28-10-12-31-13-11-28/h6-9,15-18,23H,2-5,10-14H2,1H3,(H,26,27).